The first-order valence-corrected chi connectivity index (χ1v) is 6.58. The predicted octanol–water partition coefficient (Wildman–Crippen LogP) is 2.40. The summed E-state index contributed by atoms with van der Waals surface area (Å²) in [6, 6.07) is 0. The Kier molecular flexibility index (Phi) is 3.99. The van der Waals surface area contributed by atoms with E-state index in [1.54, 1.807) is 0 Å². The van der Waals surface area contributed by atoms with E-state index in [0.29, 0.717) is 0 Å². The summed E-state index contributed by atoms with van der Waals surface area (Å²) in [6.45, 7) is 7.66. The summed E-state index contributed by atoms with van der Waals surface area (Å²) in [6.07, 6.45) is 8.18. The molecule has 3 nitrogen and oxygen atoms in total. The zero-order chi connectivity index (χ0) is 11.4. The van der Waals surface area contributed by atoms with Gasteiger partial charge in [-0.05, 0) is 49.8 Å². The molecule has 1 aliphatic carbocycles. The van der Waals surface area contributed by atoms with Crippen LogP contribution >= 0.6 is 0 Å². The van der Waals surface area contributed by atoms with Crippen molar-refractivity contribution in [2.24, 2.45) is 5.92 Å². The van der Waals surface area contributed by atoms with E-state index in [1.165, 1.54) is 24.9 Å². The minimum absolute atomic E-state index is 0.754. The lowest BCUT2D eigenvalue weighted by molar-refractivity contribution is 0.247. The lowest BCUT2D eigenvalue weighted by Gasteiger charge is -2.36. The highest BCUT2D eigenvalue weighted by Crippen LogP contribution is 2.41. The van der Waals surface area contributed by atoms with Crippen molar-refractivity contribution < 1.29 is 0 Å². The molecule has 0 radical (unpaired) electrons. The van der Waals surface area contributed by atoms with E-state index in [9.17, 15) is 0 Å². The van der Waals surface area contributed by atoms with E-state index < -0.39 is 0 Å². The summed E-state index contributed by atoms with van der Waals surface area (Å²) >= 11 is 0. The lowest BCUT2D eigenvalue weighted by atomic mass is 9.71. The molecule has 0 aromatic carbocycles. The molecule has 1 saturated carbocycles. The Morgan fingerprint density at radius 2 is 2.31 bits per heavy atom. The second-order valence-electron chi connectivity index (χ2n) is 4.79. The molecule has 1 aromatic heterocycles. The average Bonchev–Trinajstić information content (AvgIpc) is 2.66. The fourth-order valence-electron chi connectivity index (χ4n) is 2.50. The first-order chi connectivity index (χ1) is 7.85. The number of rotatable bonds is 6. The third-order valence-corrected chi connectivity index (χ3v) is 3.61. The SMILES string of the molecule is CCCn1cc(C2CCC2CNCC)cn1. The van der Waals surface area contributed by atoms with Gasteiger partial charge in [0.05, 0.1) is 6.20 Å². The Bertz CT molecular complexity index is 319. The molecule has 1 aromatic rings. The smallest absolute Gasteiger partial charge is 0.0524 e. The average molecular weight is 221 g/mol. The van der Waals surface area contributed by atoms with E-state index in [1.807, 2.05) is 0 Å². The molecule has 2 rings (SSSR count). The molecule has 16 heavy (non-hydrogen) atoms. The molecule has 1 heterocycles. The summed E-state index contributed by atoms with van der Waals surface area (Å²) in [7, 11) is 0. The Morgan fingerprint density at radius 3 is 2.94 bits per heavy atom. The molecular formula is C13H23N3. The van der Waals surface area contributed by atoms with Crippen LogP contribution in [0.25, 0.3) is 0 Å². The van der Waals surface area contributed by atoms with Crippen LogP contribution in [0.2, 0.25) is 0 Å². The van der Waals surface area contributed by atoms with Gasteiger partial charge in [0.15, 0.2) is 0 Å². The van der Waals surface area contributed by atoms with Gasteiger partial charge in [0.1, 0.15) is 0 Å². The van der Waals surface area contributed by atoms with Gasteiger partial charge in [-0.25, -0.2) is 0 Å². The second kappa shape index (κ2) is 5.48. The van der Waals surface area contributed by atoms with Crippen LogP contribution < -0.4 is 5.32 Å². The zero-order valence-corrected chi connectivity index (χ0v) is 10.4. The Labute approximate surface area is 98.2 Å². The van der Waals surface area contributed by atoms with Crippen LogP contribution in [0.15, 0.2) is 12.4 Å². The van der Waals surface area contributed by atoms with Gasteiger partial charge in [-0.2, -0.15) is 5.10 Å². The van der Waals surface area contributed by atoms with Crippen molar-refractivity contribution in [2.75, 3.05) is 13.1 Å². The van der Waals surface area contributed by atoms with Crippen LogP contribution in [0.4, 0.5) is 0 Å². The van der Waals surface area contributed by atoms with Crippen molar-refractivity contribution >= 4 is 0 Å². The standard InChI is InChI=1S/C13H23N3/c1-3-7-16-10-12(9-15-16)13-6-5-11(13)8-14-4-2/h9-11,13-14H,3-8H2,1-2H3. The summed E-state index contributed by atoms with van der Waals surface area (Å²) < 4.78 is 2.08. The van der Waals surface area contributed by atoms with Crippen molar-refractivity contribution in [1.82, 2.24) is 15.1 Å². The van der Waals surface area contributed by atoms with Crippen molar-refractivity contribution in [2.45, 2.75) is 45.6 Å². The lowest BCUT2D eigenvalue weighted by Crippen LogP contribution is -2.33. The van der Waals surface area contributed by atoms with Crippen LogP contribution in [0.3, 0.4) is 0 Å². The number of hydrogen-bond donors (Lipinski definition) is 1. The van der Waals surface area contributed by atoms with Crippen molar-refractivity contribution in [3.63, 3.8) is 0 Å². The third-order valence-electron chi connectivity index (χ3n) is 3.61. The molecule has 3 heteroatoms. The van der Waals surface area contributed by atoms with E-state index in [4.69, 9.17) is 0 Å². The highest BCUT2D eigenvalue weighted by molar-refractivity contribution is 5.16. The van der Waals surface area contributed by atoms with Crippen LogP contribution in [-0.2, 0) is 6.54 Å². The molecule has 90 valence electrons. The first-order valence-electron chi connectivity index (χ1n) is 6.58. The summed E-state index contributed by atoms with van der Waals surface area (Å²) in [5.74, 6) is 1.59. The van der Waals surface area contributed by atoms with Gasteiger partial charge in [-0.3, -0.25) is 4.68 Å². The molecule has 1 aliphatic rings. The van der Waals surface area contributed by atoms with Crippen LogP contribution in [0, 0.1) is 5.92 Å². The fraction of sp³-hybridized carbons (Fsp3) is 0.769. The van der Waals surface area contributed by atoms with E-state index in [-0.39, 0.29) is 0 Å². The first kappa shape index (κ1) is 11.6. The van der Waals surface area contributed by atoms with E-state index in [2.05, 4.69) is 41.3 Å². The highest BCUT2D eigenvalue weighted by Gasteiger charge is 2.32. The predicted molar refractivity (Wildman–Crippen MR) is 66.5 cm³/mol. The molecule has 0 spiro atoms. The highest BCUT2D eigenvalue weighted by atomic mass is 15.3. The Balaban J connectivity index is 1.90. The number of aryl methyl sites for hydroxylation is 1. The molecule has 0 saturated heterocycles. The quantitative estimate of drug-likeness (QED) is 0.799. The normalized spacial score (nSPS) is 24.4. The van der Waals surface area contributed by atoms with Gasteiger partial charge in [0.25, 0.3) is 0 Å². The fourth-order valence-corrected chi connectivity index (χ4v) is 2.50. The molecule has 1 N–H and O–H groups in total. The van der Waals surface area contributed by atoms with Crippen LogP contribution in [0.1, 0.15) is 44.6 Å². The zero-order valence-electron chi connectivity index (χ0n) is 10.4. The summed E-state index contributed by atoms with van der Waals surface area (Å²) in [4.78, 5) is 0. The maximum Gasteiger partial charge on any atom is 0.0524 e. The van der Waals surface area contributed by atoms with Gasteiger partial charge < -0.3 is 5.32 Å². The number of aromatic nitrogens is 2. The van der Waals surface area contributed by atoms with Crippen molar-refractivity contribution in [3.8, 4) is 0 Å². The van der Waals surface area contributed by atoms with Crippen LogP contribution in [0.5, 0.6) is 0 Å². The summed E-state index contributed by atoms with van der Waals surface area (Å²) in [5.41, 5.74) is 1.45. The molecular weight excluding hydrogens is 198 g/mol. The second-order valence-corrected chi connectivity index (χ2v) is 4.79. The van der Waals surface area contributed by atoms with Gasteiger partial charge in [0, 0.05) is 12.7 Å². The van der Waals surface area contributed by atoms with Gasteiger partial charge >= 0.3 is 0 Å². The van der Waals surface area contributed by atoms with Gasteiger partial charge in [-0.1, -0.05) is 13.8 Å². The van der Waals surface area contributed by atoms with Crippen molar-refractivity contribution in [3.05, 3.63) is 18.0 Å². The minimum atomic E-state index is 0.754. The molecule has 1 fully saturated rings. The molecule has 0 bridgehead atoms. The Morgan fingerprint density at radius 1 is 1.44 bits per heavy atom. The Hall–Kier alpha value is -0.830. The topological polar surface area (TPSA) is 29.9 Å². The monoisotopic (exact) mass is 221 g/mol. The number of hydrogen-bond acceptors (Lipinski definition) is 2. The largest absolute Gasteiger partial charge is 0.317 e. The maximum atomic E-state index is 4.42. The maximum absolute atomic E-state index is 4.42. The number of nitrogens with zero attached hydrogens (tertiary/aromatic N) is 2. The number of nitrogens with one attached hydrogen (secondary N) is 1. The molecule has 2 atom stereocenters. The minimum Gasteiger partial charge on any atom is -0.317 e. The van der Waals surface area contributed by atoms with Crippen molar-refractivity contribution in [1.29, 1.82) is 0 Å². The third kappa shape index (κ3) is 2.46. The van der Waals surface area contributed by atoms with Crippen LogP contribution in [-0.4, -0.2) is 22.9 Å². The molecule has 2 unspecified atom stereocenters. The molecule has 0 aliphatic heterocycles. The van der Waals surface area contributed by atoms with E-state index >= 15 is 0 Å². The van der Waals surface area contributed by atoms with E-state index in [0.717, 1.165) is 31.3 Å². The van der Waals surface area contributed by atoms with Gasteiger partial charge in [0.2, 0.25) is 0 Å². The van der Waals surface area contributed by atoms with Gasteiger partial charge in [-0.15, -0.1) is 0 Å². The molecule has 0 amide bonds. The summed E-state index contributed by atoms with van der Waals surface area (Å²) in [5, 5.41) is 7.87.